The van der Waals surface area contributed by atoms with E-state index in [1.807, 2.05) is 25.1 Å². The van der Waals surface area contributed by atoms with Gasteiger partial charge in [0.1, 0.15) is 17.5 Å². The number of anilines is 3. The third-order valence-electron chi connectivity index (χ3n) is 3.74. The van der Waals surface area contributed by atoms with Crippen molar-refractivity contribution in [2.75, 3.05) is 16.8 Å². The van der Waals surface area contributed by atoms with Crippen LogP contribution >= 0.6 is 0 Å². The number of nitrogens with one attached hydrogen (secondary N) is 1. The van der Waals surface area contributed by atoms with Gasteiger partial charge in [0.25, 0.3) is 0 Å². The van der Waals surface area contributed by atoms with Crippen LogP contribution in [0.25, 0.3) is 0 Å². The Morgan fingerprint density at radius 3 is 2.56 bits per heavy atom. The maximum absolute atomic E-state index is 13.8. The fraction of sp³-hybridized carbons (Fsp3) is 0.158. The lowest BCUT2D eigenvalue weighted by Crippen LogP contribution is -2.23. The Morgan fingerprint density at radius 1 is 1.04 bits per heavy atom. The van der Waals surface area contributed by atoms with Gasteiger partial charge in [-0.25, -0.2) is 13.8 Å². The Kier molecular flexibility index (Phi) is 5.18. The topological polar surface area (TPSA) is 41.1 Å². The van der Waals surface area contributed by atoms with Crippen molar-refractivity contribution in [2.24, 2.45) is 0 Å². The maximum Gasteiger partial charge on any atom is 0.229 e. The van der Waals surface area contributed by atoms with Crippen LogP contribution in [0.15, 0.2) is 60.8 Å². The normalized spacial score (nSPS) is 10.5. The van der Waals surface area contributed by atoms with E-state index in [1.54, 1.807) is 12.3 Å². The van der Waals surface area contributed by atoms with Crippen LogP contribution in [-0.4, -0.2) is 16.5 Å². The SMILES string of the molecule is CCN(Cc1ccccc1)c1ccnc(Nc2ccc(F)cc2F)n1. The van der Waals surface area contributed by atoms with E-state index in [-0.39, 0.29) is 11.6 Å². The van der Waals surface area contributed by atoms with Gasteiger partial charge >= 0.3 is 0 Å². The quantitative estimate of drug-likeness (QED) is 0.716. The van der Waals surface area contributed by atoms with E-state index in [0.717, 1.165) is 18.4 Å². The number of hydrogen-bond donors (Lipinski definition) is 1. The Balaban J connectivity index is 1.80. The largest absolute Gasteiger partial charge is 0.352 e. The minimum Gasteiger partial charge on any atom is -0.352 e. The summed E-state index contributed by atoms with van der Waals surface area (Å²) in [5.74, 6) is -0.329. The molecule has 0 amide bonds. The third kappa shape index (κ3) is 4.29. The standard InChI is InChI=1S/C19H18F2N4/c1-2-25(13-14-6-4-3-5-7-14)18-10-11-22-19(24-18)23-17-9-8-15(20)12-16(17)21/h3-12H,2,13H2,1H3,(H,22,23,24). The molecule has 25 heavy (non-hydrogen) atoms. The fourth-order valence-electron chi connectivity index (χ4n) is 2.46. The molecular weight excluding hydrogens is 322 g/mol. The molecule has 1 aromatic heterocycles. The second-order valence-corrected chi connectivity index (χ2v) is 5.49. The second-order valence-electron chi connectivity index (χ2n) is 5.49. The molecule has 2 aromatic carbocycles. The average molecular weight is 340 g/mol. The first kappa shape index (κ1) is 16.8. The molecule has 0 atom stereocenters. The van der Waals surface area contributed by atoms with Crippen molar-refractivity contribution in [3.05, 3.63) is 78.0 Å². The molecule has 0 unspecified atom stereocenters. The summed E-state index contributed by atoms with van der Waals surface area (Å²) in [7, 11) is 0. The number of halogens is 2. The van der Waals surface area contributed by atoms with Crippen LogP contribution in [0, 0.1) is 11.6 Å². The van der Waals surface area contributed by atoms with Crippen molar-refractivity contribution in [2.45, 2.75) is 13.5 Å². The average Bonchev–Trinajstić information content (AvgIpc) is 2.63. The predicted octanol–water partition coefficient (Wildman–Crippen LogP) is 4.52. The lowest BCUT2D eigenvalue weighted by Gasteiger charge is -2.22. The van der Waals surface area contributed by atoms with Gasteiger partial charge in [-0.3, -0.25) is 0 Å². The van der Waals surface area contributed by atoms with E-state index in [4.69, 9.17) is 0 Å². The van der Waals surface area contributed by atoms with Gasteiger partial charge in [-0.1, -0.05) is 30.3 Å². The summed E-state index contributed by atoms with van der Waals surface area (Å²) < 4.78 is 26.8. The van der Waals surface area contributed by atoms with Crippen molar-refractivity contribution >= 4 is 17.5 Å². The molecule has 1 N–H and O–H groups in total. The molecule has 0 saturated carbocycles. The number of nitrogens with zero attached hydrogens (tertiary/aromatic N) is 3. The van der Waals surface area contributed by atoms with Gasteiger partial charge in [-0.05, 0) is 30.7 Å². The van der Waals surface area contributed by atoms with E-state index in [0.29, 0.717) is 6.54 Å². The van der Waals surface area contributed by atoms with E-state index in [1.165, 1.54) is 17.7 Å². The summed E-state index contributed by atoms with van der Waals surface area (Å²) in [5.41, 5.74) is 1.30. The summed E-state index contributed by atoms with van der Waals surface area (Å²) in [4.78, 5) is 10.6. The van der Waals surface area contributed by atoms with Gasteiger partial charge in [-0.2, -0.15) is 4.98 Å². The molecular formula is C19H18F2N4. The van der Waals surface area contributed by atoms with Gasteiger partial charge in [0.2, 0.25) is 5.95 Å². The van der Waals surface area contributed by atoms with E-state index in [2.05, 4.69) is 32.3 Å². The van der Waals surface area contributed by atoms with Crippen molar-refractivity contribution < 1.29 is 8.78 Å². The summed E-state index contributed by atoms with van der Waals surface area (Å²) in [6.07, 6.45) is 1.61. The van der Waals surface area contributed by atoms with E-state index >= 15 is 0 Å². The molecule has 6 heteroatoms. The molecule has 0 spiro atoms. The molecule has 0 aliphatic carbocycles. The van der Waals surface area contributed by atoms with Crippen LogP contribution in [0.2, 0.25) is 0 Å². The van der Waals surface area contributed by atoms with Crippen LogP contribution < -0.4 is 10.2 Å². The Bertz CT molecular complexity index is 840. The minimum atomic E-state index is -0.689. The van der Waals surface area contributed by atoms with Gasteiger partial charge < -0.3 is 10.2 Å². The van der Waals surface area contributed by atoms with Crippen molar-refractivity contribution in [3.8, 4) is 0 Å². The van der Waals surface area contributed by atoms with Gasteiger partial charge in [0.15, 0.2) is 0 Å². The Morgan fingerprint density at radius 2 is 1.84 bits per heavy atom. The number of aromatic nitrogens is 2. The Hall–Kier alpha value is -3.02. The van der Waals surface area contributed by atoms with E-state index in [9.17, 15) is 8.78 Å². The monoisotopic (exact) mass is 340 g/mol. The second kappa shape index (κ2) is 7.70. The van der Waals surface area contributed by atoms with E-state index < -0.39 is 11.6 Å². The Labute approximate surface area is 145 Å². The van der Waals surface area contributed by atoms with Crippen LogP contribution in [0.5, 0.6) is 0 Å². The van der Waals surface area contributed by atoms with Gasteiger partial charge in [0, 0.05) is 25.4 Å². The number of benzene rings is 2. The smallest absolute Gasteiger partial charge is 0.229 e. The summed E-state index contributed by atoms with van der Waals surface area (Å²) in [6, 6.07) is 15.2. The van der Waals surface area contributed by atoms with Crippen molar-refractivity contribution in [1.29, 1.82) is 0 Å². The molecule has 0 aliphatic rings. The van der Waals surface area contributed by atoms with Crippen LogP contribution in [0.3, 0.4) is 0 Å². The lowest BCUT2D eigenvalue weighted by atomic mass is 10.2. The summed E-state index contributed by atoms with van der Waals surface area (Å²) >= 11 is 0. The molecule has 0 aliphatic heterocycles. The van der Waals surface area contributed by atoms with Gasteiger partial charge in [-0.15, -0.1) is 0 Å². The summed E-state index contributed by atoms with van der Waals surface area (Å²) in [6.45, 7) is 3.51. The zero-order chi connectivity index (χ0) is 17.6. The maximum atomic E-state index is 13.8. The molecule has 4 nitrogen and oxygen atoms in total. The van der Waals surface area contributed by atoms with Crippen molar-refractivity contribution in [1.82, 2.24) is 9.97 Å². The molecule has 128 valence electrons. The molecule has 0 saturated heterocycles. The lowest BCUT2D eigenvalue weighted by molar-refractivity contribution is 0.586. The zero-order valence-corrected chi connectivity index (χ0v) is 13.8. The molecule has 1 heterocycles. The van der Waals surface area contributed by atoms with Crippen LogP contribution in [-0.2, 0) is 6.54 Å². The van der Waals surface area contributed by atoms with Crippen LogP contribution in [0.1, 0.15) is 12.5 Å². The molecule has 0 fully saturated rings. The molecule has 0 bridgehead atoms. The molecule has 0 radical (unpaired) electrons. The first-order chi connectivity index (χ1) is 12.2. The molecule has 3 aromatic rings. The summed E-state index contributed by atoms with van der Waals surface area (Å²) in [5, 5.41) is 2.79. The highest BCUT2D eigenvalue weighted by Crippen LogP contribution is 2.21. The van der Waals surface area contributed by atoms with Crippen molar-refractivity contribution in [3.63, 3.8) is 0 Å². The zero-order valence-electron chi connectivity index (χ0n) is 13.8. The number of hydrogen-bond acceptors (Lipinski definition) is 4. The first-order valence-corrected chi connectivity index (χ1v) is 7.99. The van der Waals surface area contributed by atoms with Gasteiger partial charge in [0.05, 0.1) is 5.69 Å². The highest BCUT2D eigenvalue weighted by atomic mass is 19.1. The number of rotatable bonds is 6. The van der Waals surface area contributed by atoms with Crippen LogP contribution in [0.4, 0.5) is 26.2 Å². The first-order valence-electron chi connectivity index (χ1n) is 7.99. The third-order valence-corrected chi connectivity index (χ3v) is 3.74. The molecule has 3 rings (SSSR count). The fourth-order valence-corrected chi connectivity index (χ4v) is 2.46. The predicted molar refractivity (Wildman–Crippen MR) is 94.8 cm³/mol. The minimum absolute atomic E-state index is 0.129. The highest BCUT2D eigenvalue weighted by Gasteiger charge is 2.10. The highest BCUT2D eigenvalue weighted by molar-refractivity contribution is 5.55.